The Hall–Kier alpha value is -2.76. The summed E-state index contributed by atoms with van der Waals surface area (Å²) < 4.78 is 24.0. The molecule has 0 radical (unpaired) electrons. The number of ether oxygens (including phenoxy) is 2. The number of hydrogen-bond donors (Lipinski definition) is 2. The molecule has 0 aliphatic heterocycles. The smallest absolute Gasteiger partial charge is 0.188 e. The lowest BCUT2D eigenvalue weighted by Gasteiger charge is -2.23. The molecule has 6 heteroatoms. The maximum absolute atomic E-state index is 13.4. The Kier molecular flexibility index (Phi) is 7.05. The molecule has 0 unspecified atom stereocenters. The lowest BCUT2D eigenvalue weighted by atomic mass is 9.85. The number of aliphatic imine (C=N–C) groups is 1. The highest BCUT2D eigenvalue weighted by molar-refractivity contribution is 5.77. The molecule has 146 valence electrons. The highest BCUT2D eigenvalue weighted by Gasteiger charge is 2.20. The number of halogens is 1. The summed E-state index contributed by atoms with van der Waals surface area (Å²) in [7, 11) is 3.23. The third kappa shape index (κ3) is 5.88. The molecule has 0 atom stereocenters. The molecule has 0 aromatic heterocycles. The molecule has 2 aromatic rings. The van der Waals surface area contributed by atoms with Crippen molar-refractivity contribution in [2.45, 2.75) is 25.7 Å². The molecule has 0 bridgehead atoms. The van der Waals surface area contributed by atoms with Crippen molar-refractivity contribution in [3.05, 3.63) is 59.4 Å². The largest absolute Gasteiger partial charge is 0.493 e. The lowest BCUT2D eigenvalue weighted by molar-refractivity contribution is 0.354. The minimum Gasteiger partial charge on any atom is -0.493 e. The third-order valence-electron chi connectivity index (χ3n) is 4.42. The molecule has 0 fully saturated rings. The Morgan fingerprint density at radius 1 is 1.11 bits per heavy atom. The first-order valence-electron chi connectivity index (χ1n) is 8.86. The van der Waals surface area contributed by atoms with Crippen LogP contribution in [0.4, 0.5) is 4.39 Å². The van der Waals surface area contributed by atoms with Gasteiger partial charge in [-0.15, -0.1) is 0 Å². The molecule has 0 amide bonds. The van der Waals surface area contributed by atoms with Gasteiger partial charge in [0.25, 0.3) is 0 Å². The molecule has 0 saturated heterocycles. The number of methoxy groups -OCH3 is 2. The van der Waals surface area contributed by atoms with Gasteiger partial charge in [0, 0.05) is 12.0 Å². The van der Waals surface area contributed by atoms with Gasteiger partial charge in [-0.25, -0.2) is 4.39 Å². The number of nitrogens with one attached hydrogen (secondary N) is 1. The van der Waals surface area contributed by atoms with E-state index in [4.69, 9.17) is 15.2 Å². The van der Waals surface area contributed by atoms with E-state index in [9.17, 15) is 4.39 Å². The van der Waals surface area contributed by atoms with E-state index < -0.39 is 0 Å². The van der Waals surface area contributed by atoms with Crippen LogP contribution in [-0.4, -0.2) is 33.3 Å². The summed E-state index contributed by atoms with van der Waals surface area (Å²) in [5.74, 6) is 1.54. The van der Waals surface area contributed by atoms with Gasteiger partial charge in [0.2, 0.25) is 0 Å². The molecule has 0 saturated carbocycles. The quantitative estimate of drug-likeness (QED) is 0.550. The Bertz CT molecular complexity index is 791. The van der Waals surface area contributed by atoms with Gasteiger partial charge in [-0.2, -0.15) is 0 Å². The van der Waals surface area contributed by atoms with E-state index in [1.54, 1.807) is 20.3 Å². The molecule has 0 heterocycles. The maximum Gasteiger partial charge on any atom is 0.188 e. The monoisotopic (exact) mass is 373 g/mol. The predicted molar refractivity (Wildman–Crippen MR) is 107 cm³/mol. The molecule has 0 spiro atoms. The van der Waals surface area contributed by atoms with Crippen LogP contribution in [0.25, 0.3) is 0 Å². The Morgan fingerprint density at radius 2 is 1.85 bits per heavy atom. The summed E-state index contributed by atoms with van der Waals surface area (Å²) in [6.07, 6.45) is 0.768. The van der Waals surface area contributed by atoms with Crippen molar-refractivity contribution in [3.8, 4) is 11.5 Å². The third-order valence-corrected chi connectivity index (χ3v) is 4.42. The first-order chi connectivity index (χ1) is 12.9. The van der Waals surface area contributed by atoms with E-state index in [0.29, 0.717) is 30.5 Å². The van der Waals surface area contributed by atoms with Crippen LogP contribution >= 0.6 is 0 Å². The van der Waals surface area contributed by atoms with Gasteiger partial charge in [-0.3, -0.25) is 4.99 Å². The first kappa shape index (κ1) is 20.6. The second-order valence-electron chi connectivity index (χ2n) is 6.96. The summed E-state index contributed by atoms with van der Waals surface area (Å²) in [6, 6.07) is 12.4. The summed E-state index contributed by atoms with van der Waals surface area (Å²) >= 11 is 0. The van der Waals surface area contributed by atoms with Crippen molar-refractivity contribution in [2.75, 3.05) is 27.3 Å². The Labute approximate surface area is 160 Å². The average Bonchev–Trinajstić information content (AvgIpc) is 2.66. The number of nitrogens with two attached hydrogens (primary N) is 1. The summed E-state index contributed by atoms with van der Waals surface area (Å²) in [5, 5.41) is 3.11. The fourth-order valence-electron chi connectivity index (χ4n) is 2.71. The maximum atomic E-state index is 13.4. The van der Waals surface area contributed by atoms with Gasteiger partial charge in [0.05, 0.1) is 20.8 Å². The van der Waals surface area contributed by atoms with Crippen LogP contribution in [0.1, 0.15) is 25.0 Å². The van der Waals surface area contributed by atoms with Gasteiger partial charge in [0.1, 0.15) is 5.82 Å². The molecule has 5 nitrogen and oxygen atoms in total. The van der Waals surface area contributed by atoms with E-state index in [1.807, 2.05) is 38.1 Å². The van der Waals surface area contributed by atoms with Crippen molar-refractivity contribution < 1.29 is 13.9 Å². The Balaban J connectivity index is 1.89. The average molecular weight is 373 g/mol. The number of nitrogens with zero attached hydrogens (tertiary/aromatic N) is 1. The molecule has 27 heavy (non-hydrogen) atoms. The normalized spacial score (nSPS) is 12.0. The topological polar surface area (TPSA) is 68.9 Å². The SMILES string of the molecule is COc1ccc(CCNC(N)=NCC(C)(C)c2cccc(F)c2)cc1OC. The van der Waals surface area contributed by atoms with Crippen LogP contribution in [0.5, 0.6) is 11.5 Å². The summed E-state index contributed by atoms with van der Waals surface area (Å²) in [6.45, 7) is 5.14. The van der Waals surface area contributed by atoms with Gasteiger partial charge < -0.3 is 20.5 Å². The van der Waals surface area contributed by atoms with E-state index in [2.05, 4.69) is 10.3 Å². The Morgan fingerprint density at radius 3 is 2.52 bits per heavy atom. The zero-order valence-electron chi connectivity index (χ0n) is 16.4. The molecular formula is C21H28FN3O2. The fourth-order valence-corrected chi connectivity index (χ4v) is 2.71. The number of benzene rings is 2. The summed E-state index contributed by atoms with van der Waals surface area (Å²) in [4.78, 5) is 4.41. The lowest BCUT2D eigenvalue weighted by Crippen LogP contribution is -2.35. The van der Waals surface area contributed by atoms with Crippen LogP contribution in [-0.2, 0) is 11.8 Å². The number of rotatable bonds is 8. The highest BCUT2D eigenvalue weighted by atomic mass is 19.1. The zero-order valence-corrected chi connectivity index (χ0v) is 16.4. The summed E-state index contributed by atoms with van der Waals surface area (Å²) in [5.41, 5.74) is 7.66. The molecule has 0 aliphatic carbocycles. The predicted octanol–water partition coefficient (Wildman–Crippen LogP) is 3.27. The zero-order chi connectivity index (χ0) is 19.9. The fraction of sp³-hybridized carbons (Fsp3) is 0.381. The highest BCUT2D eigenvalue weighted by Crippen LogP contribution is 2.27. The van der Waals surface area contributed by atoms with E-state index in [1.165, 1.54) is 12.1 Å². The number of guanidine groups is 1. The minimum atomic E-state index is -0.308. The van der Waals surface area contributed by atoms with Crippen molar-refractivity contribution >= 4 is 5.96 Å². The van der Waals surface area contributed by atoms with Crippen LogP contribution in [0, 0.1) is 5.82 Å². The second-order valence-corrected chi connectivity index (χ2v) is 6.96. The molecular weight excluding hydrogens is 345 g/mol. The van der Waals surface area contributed by atoms with Crippen LogP contribution in [0.3, 0.4) is 0 Å². The van der Waals surface area contributed by atoms with Crippen LogP contribution in [0.2, 0.25) is 0 Å². The molecule has 2 aromatic carbocycles. The first-order valence-corrected chi connectivity index (χ1v) is 8.86. The van der Waals surface area contributed by atoms with Crippen molar-refractivity contribution in [1.29, 1.82) is 0 Å². The second kappa shape index (κ2) is 9.26. The minimum absolute atomic E-state index is 0.245. The standard InChI is InChI=1S/C21H28FN3O2/c1-21(2,16-6-5-7-17(22)13-16)14-25-20(23)24-11-10-15-8-9-18(26-3)19(12-15)27-4/h5-9,12-13H,10-11,14H2,1-4H3,(H3,23,24,25). The van der Waals surface area contributed by atoms with Crippen molar-refractivity contribution in [3.63, 3.8) is 0 Å². The van der Waals surface area contributed by atoms with Gasteiger partial charge in [-0.1, -0.05) is 32.0 Å². The van der Waals surface area contributed by atoms with Gasteiger partial charge >= 0.3 is 0 Å². The van der Waals surface area contributed by atoms with Gasteiger partial charge in [-0.05, 0) is 41.8 Å². The molecule has 0 aliphatic rings. The van der Waals surface area contributed by atoms with Crippen molar-refractivity contribution in [2.24, 2.45) is 10.7 Å². The molecule has 3 N–H and O–H groups in total. The van der Waals surface area contributed by atoms with E-state index in [0.717, 1.165) is 17.5 Å². The van der Waals surface area contributed by atoms with Gasteiger partial charge in [0.15, 0.2) is 17.5 Å². The molecule has 2 rings (SSSR count). The van der Waals surface area contributed by atoms with E-state index >= 15 is 0 Å². The van der Waals surface area contributed by atoms with Crippen LogP contribution in [0.15, 0.2) is 47.5 Å². The van der Waals surface area contributed by atoms with Crippen LogP contribution < -0.4 is 20.5 Å². The van der Waals surface area contributed by atoms with E-state index in [-0.39, 0.29) is 11.2 Å². The number of hydrogen-bond acceptors (Lipinski definition) is 3. The van der Waals surface area contributed by atoms with Crippen molar-refractivity contribution in [1.82, 2.24) is 5.32 Å².